The predicted octanol–water partition coefficient (Wildman–Crippen LogP) is 2.06. The van der Waals surface area contributed by atoms with Crippen LogP contribution in [0.3, 0.4) is 0 Å². The van der Waals surface area contributed by atoms with Gasteiger partial charge in [0.25, 0.3) is 0 Å². The molecule has 1 amide bonds. The van der Waals surface area contributed by atoms with E-state index < -0.39 is 11.9 Å². The number of hydrogen-bond acceptors (Lipinski definition) is 2. The van der Waals surface area contributed by atoms with E-state index in [4.69, 9.17) is 0 Å². The average molecular weight is 251 g/mol. The fraction of sp³-hybridized carbons (Fsp3) is 0.714. The van der Waals surface area contributed by atoms with Crippen molar-refractivity contribution in [3.63, 3.8) is 0 Å². The lowest BCUT2D eigenvalue weighted by Crippen LogP contribution is -2.44. The number of carbonyl (C=O) groups excluding carboxylic acids is 1. The Balaban J connectivity index is 2.06. The van der Waals surface area contributed by atoms with E-state index in [9.17, 15) is 14.7 Å². The van der Waals surface area contributed by atoms with Crippen molar-refractivity contribution in [2.45, 2.75) is 39.0 Å². The zero-order valence-electron chi connectivity index (χ0n) is 10.9. The van der Waals surface area contributed by atoms with Crippen molar-refractivity contribution in [3.05, 3.63) is 11.6 Å². The molecular formula is C14H21NO3. The molecule has 1 aliphatic heterocycles. The molecule has 0 spiro atoms. The van der Waals surface area contributed by atoms with Crippen molar-refractivity contribution in [2.75, 3.05) is 13.1 Å². The Morgan fingerprint density at radius 1 is 1.28 bits per heavy atom. The molecule has 0 saturated heterocycles. The number of hydrogen-bond donors (Lipinski definition) is 1. The number of aliphatic carboxylic acids is 1. The molecular weight excluding hydrogens is 230 g/mol. The van der Waals surface area contributed by atoms with Gasteiger partial charge in [-0.25, -0.2) is 0 Å². The molecule has 0 radical (unpaired) electrons. The first-order valence-corrected chi connectivity index (χ1v) is 6.77. The third kappa shape index (κ3) is 2.74. The Kier molecular flexibility index (Phi) is 4.04. The van der Waals surface area contributed by atoms with E-state index in [1.807, 2.05) is 11.8 Å². The number of carboxylic acids is 1. The molecule has 1 N–H and O–H groups in total. The van der Waals surface area contributed by atoms with Crippen molar-refractivity contribution in [1.29, 1.82) is 0 Å². The second kappa shape index (κ2) is 5.55. The number of carbonyl (C=O) groups is 2. The van der Waals surface area contributed by atoms with Crippen LogP contribution in [0.1, 0.15) is 39.0 Å². The molecule has 4 nitrogen and oxygen atoms in total. The van der Waals surface area contributed by atoms with Gasteiger partial charge in [0.15, 0.2) is 0 Å². The lowest BCUT2D eigenvalue weighted by Gasteiger charge is -2.34. The van der Waals surface area contributed by atoms with Gasteiger partial charge in [0.1, 0.15) is 0 Å². The Morgan fingerprint density at radius 2 is 1.94 bits per heavy atom. The predicted molar refractivity (Wildman–Crippen MR) is 68.0 cm³/mol. The summed E-state index contributed by atoms with van der Waals surface area (Å²) in [6, 6.07) is 0. The lowest BCUT2D eigenvalue weighted by molar-refractivity contribution is -0.152. The van der Waals surface area contributed by atoms with Gasteiger partial charge in [-0.2, -0.15) is 0 Å². The molecule has 2 rings (SSSR count). The van der Waals surface area contributed by atoms with Gasteiger partial charge in [0.2, 0.25) is 5.91 Å². The molecule has 0 unspecified atom stereocenters. The van der Waals surface area contributed by atoms with Gasteiger partial charge in [-0.15, -0.1) is 0 Å². The van der Waals surface area contributed by atoms with Crippen molar-refractivity contribution >= 4 is 11.9 Å². The summed E-state index contributed by atoms with van der Waals surface area (Å²) in [6.07, 6.45) is 6.33. The van der Waals surface area contributed by atoms with Gasteiger partial charge in [-0.3, -0.25) is 9.59 Å². The molecule has 1 saturated carbocycles. The molecule has 1 aliphatic carbocycles. The van der Waals surface area contributed by atoms with Gasteiger partial charge in [0.05, 0.1) is 11.8 Å². The normalized spacial score (nSPS) is 28.7. The van der Waals surface area contributed by atoms with Crippen molar-refractivity contribution < 1.29 is 14.7 Å². The summed E-state index contributed by atoms with van der Waals surface area (Å²) >= 11 is 0. The molecule has 1 fully saturated rings. The first-order valence-electron chi connectivity index (χ1n) is 6.77. The first kappa shape index (κ1) is 13.1. The van der Waals surface area contributed by atoms with Gasteiger partial charge >= 0.3 is 5.97 Å². The lowest BCUT2D eigenvalue weighted by atomic mass is 9.78. The molecule has 0 aromatic carbocycles. The zero-order chi connectivity index (χ0) is 13.1. The van der Waals surface area contributed by atoms with Gasteiger partial charge < -0.3 is 10.0 Å². The van der Waals surface area contributed by atoms with Crippen LogP contribution in [0.25, 0.3) is 0 Å². The third-order valence-electron chi connectivity index (χ3n) is 4.04. The second-order valence-corrected chi connectivity index (χ2v) is 5.43. The Bertz CT molecular complexity index is 375. The molecule has 100 valence electrons. The molecule has 2 atom stereocenters. The van der Waals surface area contributed by atoms with Crippen LogP contribution in [0, 0.1) is 11.8 Å². The maximum Gasteiger partial charge on any atom is 0.307 e. The minimum atomic E-state index is -0.808. The Hall–Kier alpha value is -1.32. The van der Waals surface area contributed by atoms with Crippen LogP contribution in [-0.2, 0) is 9.59 Å². The van der Waals surface area contributed by atoms with Crippen LogP contribution in [0.15, 0.2) is 11.6 Å². The highest BCUT2D eigenvalue weighted by molar-refractivity contribution is 5.85. The maximum atomic E-state index is 12.4. The highest BCUT2D eigenvalue weighted by Crippen LogP contribution is 2.32. The quantitative estimate of drug-likeness (QED) is 0.764. The number of amides is 1. The second-order valence-electron chi connectivity index (χ2n) is 5.43. The highest BCUT2D eigenvalue weighted by atomic mass is 16.4. The smallest absolute Gasteiger partial charge is 0.307 e. The average Bonchev–Trinajstić information content (AvgIpc) is 2.38. The summed E-state index contributed by atoms with van der Waals surface area (Å²) in [5, 5.41) is 9.23. The zero-order valence-corrected chi connectivity index (χ0v) is 10.9. The molecule has 1 heterocycles. The largest absolute Gasteiger partial charge is 0.481 e. The Morgan fingerprint density at radius 3 is 2.56 bits per heavy atom. The number of nitrogens with zero attached hydrogens (tertiary/aromatic N) is 1. The summed E-state index contributed by atoms with van der Waals surface area (Å²) in [4.78, 5) is 25.5. The van der Waals surface area contributed by atoms with E-state index in [0.717, 1.165) is 32.2 Å². The van der Waals surface area contributed by atoms with Crippen LogP contribution in [0.4, 0.5) is 0 Å². The van der Waals surface area contributed by atoms with E-state index in [2.05, 4.69) is 6.08 Å². The minimum Gasteiger partial charge on any atom is -0.481 e. The summed E-state index contributed by atoms with van der Waals surface area (Å²) in [5.41, 5.74) is 1.21. The minimum absolute atomic E-state index is 0.0505. The number of carboxylic acid groups (broad SMARTS) is 1. The highest BCUT2D eigenvalue weighted by Gasteiger charge is 2.37. The molecule has 0 bridgehead atoms. The van der Waals surface area contributed by atoms with Crippen LogP contribution < -0.4 is 0 Å². The summed E-state index contributed by atoms with van der Waals surface area (Å²) in [7, 11) is 0. The van der Waals surface area contributed by atoms with Crippen molar-refractivity contribution in [3.8, 4) is 0 Å². The third-order valence-corrected chi connectivity index (χ3v) is 4.04. The van der Waals surface area contributed by atoms with E-state index in [1.165, 1.54) is 5.57 Å². The Labute approximate surface area is 108 Å². The molecule has 0 aromatic heterocycles. The van der Waals surface area contributed by atoms with Crippen molar-refractivity contribution in [2.24, 2.45) is 11.8 Å². The maximum absolute atomic E-state index is 12.4. The molecule has 4 heteroatoms. The topological polar surface area (TPSA) is 57.6 Å². The monoisotopic (exact) mass is 251 g/mol. The van der Waals surface area contributed by atoms with Crippen LogP contribution in [0.5, 0.6) is 0 Å². The SMILES string of the molecule is CC1=CCCN(C(=O)[C@@H]2CCCC[C@@H]2C(=O)O)C1. The van der Waals surface area contributed by atoms with E-state index >= 15 is 0 Å². The van der Waals surface area contributed by atoms with Crippen LogP contribution in [0.2, 0.25) is 0 Å². The molecule has 0 aromatic rings. The van der Waals surface area contributed by atoms with E-state index in [-0.39, 0.29) is 11.8 Å². The fourth-order valence-electron chi connectivity index (χ4n) is 3.06. The van der Waals surface area contributed by atoms with Crippen LogP contribution >= 0.6 is 0 Å². The van der Waals surface area contributed by atoms with E-state index in [0.29, 0.717) is 13.0 Å². The van der Waals surface area contributed by atoms with Crippen molar-refractivity contribution in [1.82, 2.24) is 4.90 Å². The summed E-state index contributed by atoms with van der Waals surface area (Å²) in [6.45, 7) is 3.43. The summed E-state index contributed by atoms with van der Waals surface area (Å²) in [5.74, 6) is -1.54. The van der Waals surface area contributed by atoms with E-state index in [1.54, 1.807) is 0 Å². The molecule has 2 aliphatic rings. The summed E-state index contributed by atoms with van der Waals surface area (Å²) < 4.78 is 0. The standard InChI is InChI=1S/C14H21NO3/c1-10-5-4-8-15(9-10)13(16)11-6-2-3-7-12(11)14(17)18/h5,11-12H,2-4,6-9H2,1H3,(H,17,18)/t11-,12+/m1/s1. The molecule has 18 heavy (non-hydrogen) atoms. The van der Waals surface area contributed by atoms with Gasteiger partial charge in [0, 0.05) is 13.1 Å². The van der Waals surface area contributed by atoms with Gasteiger partial charge in [-0.05, 0) is 26.2 Å². The van der Waals surface area contributed by atoms with Gasteiger partial charge in [-0.1, -0.05) is 24.5 Å². The number of rotatable bonds is 2. The van der Waals surface area contributed by atoms with Crippen LogP contribution in [-0.4, -0.2) is 35.0 Å². The first-order chi connectivity index (χ1) is 8.59. The fourth-order valence-corrected chi connectivity index (χ4v) is 3.06.